The number of hydrogen-bond donors (Lipinski definition) is 1. The minimum absolute atomic E-state index is 0.00553. The fourth-order valence-corrected chi connectivity index (χ4v) is 3.11. The molecule has 1 unspecified atom stereocenters. The van der Waals surface area contributed by atoms with Crippen LogP contribution in [-0.2, 0) is 0 Å². The van der Waals surface area contributed by atoms with Gasteiger partial charge in [0.05, 0.1) is 3.57 Å². The molecule has 0 spiro atoms. The summed E-state index contributed by atoms with van der Waals surface area (Å²) in [5, 5.41) is 9.69. The maximum Gasteiger partial charge on any atom is 0.253 e. The van der Waals surface area contributed by atoms with Crippen molar-refractivity contribution < 1.29 is 9.90 Å². The number of amides is 1. The van der Waals surface area contributed by atoms with E-state index in [9.17, 15) is 9.90 Å². The van der Waals surface area contributed by atoms with Gasteiger partial charge in [0.25, 0.3) is 5.91 Å². The first-order chi connectivity index (χ1) is 9.11. The first-order valence-electron chi connectivity index (χ1n) is 6.45. The van der Waals surface area contributed by atoms with Gasteiger partial charge in [0.1, 0.15) is 5.75 Å². The van der Waals surface area contributed by atoms with E-state index >= 15 is 0 Å². The van der Waals surface area contributed by atoms with Crippen LogP contribution in [0.25, 0.3) is 0 Å². The third kappa shape index (κ3) is 3.75. The Morgan fingerprint density at radius 1 is 1.53 bits per heavy atom. The summed E-state index contributed by atoms with van der Waals surface area (Å²) in [6.07, 6.45) is 3.14. The van der Waals surface area contributed by atoms with Crippen molar-refractivity contribution in [2.45, 2.75) is 19.3 Å². The standard InChI is InChI=1S/C14H17ClINO2/c15-6-5-10-2-1-7-17(9-10)14(19)11-3-4-12(16)13(18)8-11/h3-4,8,10,18H,1-2,5-7,9H2. The number of benzene rings is 1. The number of carbonyl (C=O) groups is 1. The van der Waals surface area contributed by atoms with Crippen molar-refractivity contribution >= 4 is 40.1 Å². The monoisotopic (exact) mass is 393 g/mol. The normalized spacial score (nSPS) is 19.5. The maximum atomic E-state index is 12.4. The van der Waals surface area contributed by atoms with Gasteiger partial charge in [-0.05, 0) is 66.0 Å². The molecule has 5 heteroatoms. The lowest BCUT2D eigenvalue weighted by atomic mass is 9.95. The molecule has 1 aromatic rings. The van der Waals surface area contributed by atoms with Gasteiger partial charge in [0.2, 0.25) is 0 Å². The number of carbonyl (C=O) groups excluding carboxylic acids is 1. The number of likely N-dealkylation sites (tertiary alicyclic amines) is 1. The highest BCUT2D eigenvalue weighted by molar-refractivity contribution is 14.1. The average molecular weight is 394 g/mol. The van der Waals surface area contributed by atoms with E-state index in [1.807, 2.05) is 27.5 Å². The number of aromatic hydroxyl groups is 1. The molecular formula is C14H17ClINO2. The maximum absolute atomic E-state index is 12.4. The number of piperidine rings is 1. The molecule has 1 amide bonds. The molecule has 1 heterocycles. The second kappa shape index (κ2) is 6.79. The quantitative estimate of drug-likeness (QED) is 0.631. The van der Waals surface area contributed by atoms with Crippen LogP contribution in [0, 0.1) is 9.49 Å². The van der Waals surface area contributed by atoms with E-state index < -0.39 is 0 Å². The van der Waals surface area contributed by atoms with Crippen LogP contribution in [0.1, 0.15) is 29.6 Å². The Bertz CT molecular complexity index is 465. The Balaban J connectivity index is 2.08. The van der Waals surface area contributed by atoms with Crippen molar-refractivity contribution in [3.63, 3.8) is 0 Å². The van der Waals surface area contributed by atoms with E-state index in [0.717, 1.165) is 35.9 Å². The smallest absolute Gasteiger partial charge is 0.253 e. The van der Waals surface area contributed by atoms with Gasteiger partial charge in [-0.3, -0.25) is 4.79 Å². The number of alkyl halides is 1. The molecular weight excluding hydrogens is 377 g/mol. The highest BCUT2D eigenvalue weighted by Gasteiger charge is 2.24. The van der Waals surface area contributed by atoms with E-state index in [4.69, 9.17) is 11.6 Å². The van der Waals surface area contributed by atoms with Crippen molar-refractivity contribution in [2.24, 2.45) is 5.92 Å². The largest absolute Gasteiger partial charge is 0.507 e. The predicted molar refractivity (Wildman–Crippen MR) is 84.8 cm³/mol. The van der Waals surface area contributed by atoms with Crippen LogP contribution >= 0.6 is 34.2 Å². The Morgan fingerprint density at radius 3 is 3.00 bits per heavy atom. The third-order valence-electron chi connectivity index (χ3n) is 3.52. The van der Waals surface area contributed by atoms with Crippen LogP contribution in [0.5, 0.6) is 5.75 Å². The van der Waals surface area contributed by atoms with Crippen molar-refractivity contribution in [3.8, 4) is 5.75 Å². The number of phenolic OH excluding ortho intramolecular Hbond substituents is 1. The summed E-state index contributed by atoms with van der Waals surface area (Å²) in [4.78, 5) is 14.3. The van der Waals surface area contributed by atoms with Crippen LogP contribution in [0.15, 0.2) is 18.2 Å². The van der Waals surface area contributed by atoms with Gasteiger partial charge in [0.15, 0.2) is 0 Å². The van der Waals surface area contributed by atoms with Crippen LogP contribution in [-0.4, -0.2) is 34.9 Å². The topological polar surface area (TPSA) is 40.5 Å². The van der Waals surface area contributed by atoms with Crippen molar-refractivity contribution in [1.82, 2.24) is 4.90 Å². The highest BCUT2D eigenvalue weighted by Crippen LogP contribution is 2.24. The Morgan fingerprint density at radius 2 is 2.32 bits per heavy atom. The predicted octanol–water partition coefficient (Wildman–Crippen LogP) is 3.48. The summed E-state index contributed by atoms with van der Waals surface area (Å²) in [5.41, 5.74) is 0.560. The number of rotatable bonds is 3. The number of hydrogen-bond acceptors (Lipinski definition) is 2. The second-order valence-corrected chi connectivity index (χ2v) is 6.44. The molecule has 1 aliphatic rings. The van der Waals surface area contributed by atoms with E-state index in [1.54, 1.807) is 18.2 Å². The average Bonchev–Trinajstić information content (AvgIpc) is 2.42. The molecule has 2 rings (SSSR count). The third-order valence-corrected chi connectivity index (χ3v) is 4.65. The van der Waals surface area contributed by atoms with Gasteiger partial charge in [0, 0.05) is 24.5 Å². The summed E-state index contributed by atoms with van der Waals surface area (Å²) in [5.74, 6) is 1.33. The van der Waals surface area contributed by atoms with E-state index in [-0.39, 0.29) is 11.7 Å². The number of nitrogens with zero attached hydrogens (tertiary/aromatic N) is 1. The van der Waals surface area contributed by atoms with E-state index in [2.05, 4.69) is 0 Å². The molecule has 1 saturated heterocycles. The Labute approximate surface area is 132 Å². The Kier molecular flexibility index (Phi) is 5.33. The molecule has 0 radical (unpaired) electrons. The van der Waals surface area contributed by atoms with Crippen molar-refractivity contribution in [1.29, 1.82) is 0 Å². The number of phenols is 1. The molecule has 0 aliphatic carbocycles. The van der Waals surface area contributed by atoms with Crippen LogP contribution < -0.4 is 0 Å². The van der Waals surface area contributed by atoms with Crippen molar-refractivity contribution in [2.75, 3.05) is 19.0 Å². The second-order valence-electron chi connectivity index (χ2n) is 4.90. The van der Waals surface area contributed by atoms with E-state index in [0.29, 0.717) is 17.4 Å². The van der Waals surface area contributed by atoms with Gasteiger partial charge in [-0.2, -0.15) is 0 Å². The fraction of sp³-hybridized carbons (Fsp3) is 0.500. The lowest BCUT2D eigenvalue weighted by Crippen LogP contribution is -2.40. The van der Waals surface area contributed by atoms with Crippen LogP contribution in [0.3, 0.4) is 0 Å². The molecule has 0 saturated carbocycles. The summed E-state index contributed by atoms with van der Waals surface area (Å²) in [7, 11) is 0. The van der Waals surface area contributed by atoms with Gasteiger partial charge in [-0.15, -0.1) is 11.6 Å². The molecule has 0 bridgehead atoms. The highest BCUT2D eigenvalue weighted by atomic mass is 127. The van der Waals surface area contributed by atoms with Gasteiger partial charge >= 0.3 is 0 Å². The molecule has 104 valence electrons. The van der Waals surface area contributed by atoms with Crippen LogP contribution in [0.2, 0.25) is 0 Å². The summed E-state index contributed by atoms with van der Waals surface area (Å²) >= 11 is 7.82. The zero-order valence-electron chi connectivity index (χ0n) is 10.6. The minimum atomic E-state index is 0.00553. The molecule has 19 heavy (non-hydrogen) atoms. The zero-order valence-corrected chi connectivity index (χ0v) is 13.5. The molecule has 1 N–H and O–H groups in total. The van der Waals surface area contributed by atoms with Gasteiger partial charge in [-0.1, -0.05) is 0 Å². The molecule has 0 aromatic heterocycles. The van der Waals surface area contributed by atoms with Crippen LogP contribution in [0.4, 0.5) is 0 Å². The fourth-order valence-electron chi connectivity index (χ4n) is 2.47. The van der Waals surface area contributed by atoms with Crippen molar-refractivity contribution in [3.05, 3.63) is 27.3 Å². The Hall–Kier alpha value is -0.490. The lowest BCUT2D eigenvalue weighted by molar-refractivity contribution is 0.0671. The molecule has 1 aliphatic heterocycles. The molecule has 3 nitrogen and oxygen atoms in total. The lowest BCUT2D eigenvalue weighted by Gasteiger charge is -2.32. The molecule has 1 aromatic carbocycles. The zero-order chi connectivity index (χ0) is 13.8. The van der Waals surface area contributed by atoms with Gasteiger partial charge < -0.3 is 10.0 Å². The number of halogens is 2. The van der Waals surface area contributed by atoms with E-state index in [1.165, 1.54) is 0 Å². The first-order valence-corrected chi connectivity index (χ1v) is 8.07. The van der Waals surface area contributed by atoms with Gasteiger partial charge in [-0.25, -0.2) is 0 Å². The molecule has 1 atom stereocenters. The minimum Gasteiger partial charge on any atom is -0.507 e. The SMILES string of the molecule is O=C(c1ccc(I)c(O)c1)N1CCCC(CCCl)C1. The molecule has 1 fully saturated rings. The summed E-state index contributed by atoms with van der Waals surface area (Å²) < 4.78 is 0.757. The summed E-state index contributed by atoms with van der Waals surface area (Å²) in [6.45, 7) is 1.57. The summed E-state index contributed by atoms with van der Waals surface area (Å²) in [6, 6.07) is 5.09. The first kappa shape index (κ1) is 14.9.